The number of nitrogens with zero attached hydrogens (tertiary/aromatic N) is 2. The Morgan fingerprint density at radius 1 is 0.325 bits per heavy atom. The molecule has 2 aliphatic rings. The average molecular weight is 989 g/mol. The van der Waals surface area contributed by atoms with Gasteiger partial charge in [0, 0.05) is 33.3 Å². The van der Waals surface area contributed by atoms with Crippen molar-refractivity contribution in [3.8, 4) is 61.3 Å². The fourth-order valence-electron chi connectivity index (χ4n) is 13.1. The van der Waals surface area contributed by atoms with Crippen molar-refractivity contribution in [2.75, 3.05) is 4.90 Å². The lowest BCUT2D eigenvalue weighted by Gasteiger charge is -2.34. The second-order valence-corrected chi connectivity index (χ2v) is 23.2. The van der Waals surface area contributed by atoms with Gasteiger partial charge in [0.15, 0.2) is 0 Å². The molecule has 11 aromatic carbocycles. The third kappa shape index (κ3) is 7.15. The number of rotatable bonds is 7. The Hall–Kier alpha value is -8.98. The standard InChI is InChI=1S/C75H60N2/c1-73(2,3)50-42-44-58-59-45-43-51(74(4,5)6)47-67(59)75(66(58)46-50)64-36-18-14-35-63(64)72-65(75)37-23-41-71(72)77(53-27-22-26-52(48-53)76-69-39-20-16-33-61(69)62-34-17-21-40-70(62)76)68-38-19-15-32-60(68)57-31-13-12-30-56(57)55-29-11-10-28-54(55)49-24-8-7-9-25-49/h7-48H,1-6H3. The molecule has 0 N–H and O–H groups in total. The minimum absolute atomic E-state index is 0.0514. The molecule has 0 fully saturated rings. The first-order valence-electron chi connectivity index (χ1n) is 27.3. The molecule has 1 aromatic heterocycles. The predicted molar refractivity (Wildman–Crippen MR) is 325 cm³/mol. The molecule has 2 nitrogen and oxygen atoms in total. The van der Waals surface area contributed by atoms with Crippen LogP contribution in [0.25, 0.3) is 83.1 Å². The lowest BCUT2D eigenvalue weighted by molar-refractivity contribution is 0.586. The molecule has 77 heavy (non-hydrogen) atoms. The molecule has 0 saturated carbocycles. The van der Waals surface area contributed by atoms with Gasteiger partial charge in [-0.15, -0.1) is 0 Å². The normalized spacial score (nSPS) is 13.2. The van der Waals surface area contributed by atoms with Crippen LogP contribution in [0.2, 0.25) is 0 Å². The fourth-order valence-corrected chi connectivity index (χ4v) is 13.1. The second kappa shape index (κ2) is 17.5. The minimum atomic E-state index is -0.571. The van der Waals surface area contributed by atoms with E-state index >= 15 is 0 Å². The zero-order chi connectivity index (χ0) is 52.2. The Bertz CT molecular complexity index is 4190. The van der Waals surface area contributed by atoms with Crippen molar-refractivity contribution >= 4 is 38.9 Å². The maximum atomic E-state index is 2.58. The van der Waals surface area contributed by atoms with E-state index in [0.717, 1.165) is 28.3 Å². The zero-order valence-corrected chi connectivity index (χ0v) is 44.6. The first kappa shape index (κ1) is 46.5. The SMILES string of the molecule is CC(C)(C)c1ccc2c(c1)C1(c3cc(C(C)(C)C)ccc3-2)c2ccccc2-c2c(N(c3cccc(-n4c5ccccc5c5ccccc54)c3)c3ccccc3-c3ccccc3-c3ccccc3-c3ccccc3)cccc21. The van der Waals surface area contributed by atoms with Crippen LogP contribution in [0.4, 0.5) is 17.1 Å². The van der Waals surface area contributed by atoms with E-state index in [4.69, 9.17) is 0 Å². The Labute approximate surface area is 453 Å². The van der Waals surface area contributed by atoms with Gasteiger partial charge in [-0.3, -0.25) is 0 Å². The molecule has 2 heteroatoms. The highest BCUT2D eigenvalue weighted by atomic mass is 15.2. The zero-order valence-electron chi connectivity index (χ0n) is 44.6. The average Bonchev–Trinajstić information content (AvgIpc) is 3.92. The van der Waals surface area contributed by atoms with Gasteiger partial charge >= 0.3 is 0 Å². The van der Waals surface area contributed by atoms with Gasteiger partial charge in [-0.05, 0) is 131 Å². The van der Waals surface area contributed by atoms with Crippen LogP contribution in [-0.4, -0.2) is 4.57 Å². The maximum absolute atomic E-state index is 2.58. The van der Waals surface area contributed by atoms with Gasteiger partial charge in [-0.1, -0.05) is 254 Å². The number of benzene rings is 11. The van der Waals surface area contributed by atoms with Crippen LogP contribution in [0, 0.1) is 0 Å². The molecular formula is C75H60N2. The van der Waals surface area contributed by atoms with Gasteiger partial charge in [0.25, 0.3) is 0 Å². The largest absolute Gasteiger partial charge is 0.309 e. The van der Waals surface area contributed by atoms with Gasteiger partial charge in [0.2, 0.25) is 0 Å². The number of hydrogen-bond donors (Lipinski definition) is 0. The van der Waals surface area contributed by atoms with Crippen LogP contribution in [0.3, 0.4) is 0 Å². The second-order valence-electron chi connectivity index (χ2n) is 23.2. The van der Waals surface area contributed by atoms with Crippen LogP contribution in [0.1, 0.15) is 74.9 Å². The first-order chi connectivity index (χ1) is 37.5. The van der Waals surface area contributed by atoms with Gasteiger partial charge < -0.3 is 9.47 Å². The third-order valence-corrected chi connectivity index (χ3v) is 16.7. The summed E-state index contributed by atoms with van der Waals surface area (Å²) in [6, 6.07) is 95.8. The van der Waals surface area contributed by atoms with Crippen molar-refractivity contribution in [1.82, 2.24) is 4.57 Å². The van der Waals surface area contributed by atoms with Crippen LogP contribution in [0.5, 0.6) is 0 Å². The smallest absolute Gasteiger partial charge is 0.0726 e. The van der Waals surface area contributed by atoms with Crippen molar-refractivity contribution in [1.29, 1.82) is 0 Å². The highest BCUT2D eigenvalue weighted by Crippen LogP contribution is 2.65. The number of aromatic nitrogens is 1. The van der Waals surface area contributed by atoms with E-state index in [9.17, 15) is 0 Å². The molecule has 0 aliphatic heterocycles. The van der Waals surface area contributed by atoms with E-state index in [-0.39, 0.29) is 10.8 Å². The van der Waals surface area contributed by atoms with Crippen molar-refractivity contribution < 1.29 is 0 Å². The summed E-state index contributed by atoms with van der Waals surface area (Å²) in [5.41, 5.74) is 26.4. The van der Waals surface area contributed by atoms with Crippen molar-refractivity contribution in [2.24, 2.45) is 0 Å². The van der Waals surface area contributed by atoms with Crippen LogP contribution in [-0.2, 0) is 16.2 Å². The molecule has 14 rings (SSSR count). The lowest BCUT2D eigenvalue weighted by atomic mass is 9.69. The van der Waals surface area contributed by atoms with Crippen LogP contribution in [0.15, 0.2) is 255 Å². The van der Waals surface area contributed by atoms with Crippen molar-refractivity contribution in [2.45, 2.75) is 57.8 Å². The molecule has 0 saturated heterocycles. The molecule has 0 atom stereocenters. The molecule has 0 amide bonds. The molecule has 0 bridgehead atoms. The van der Waals surface area contributed by atoms with Gasteiger partial charge in [0.05, 0.1) is 27.8 Å². The summed E-state index contributed by atoms with van der Waals surface area (Å²) < 4.78 is 2.44. The topological polar surface area (TPSA) is 8.17 Å². The quantitative estimate of drug-likeness (QED) is 0.154. The molecular weight excluding hydrogens is 929 g/mol. The van der Waals surface area contributed by atoms with E-state index in [1.54, 1.807) is 0 Å². The lowest BCUT2D eigenvalue weighted by Crippen LogP contribution is -2.27. The van der Waals surface area contributed by atoms with E-state index in [2.05, 4.69) is 306 Å². The number of hydrogen-bond acceptors (Lipinski definition) is 1. The summed E-state index contributed by atoms with van der Waals surface area (Å²) in [5.74, 6) is 0. The van der Waals surface area contributed by atoms with Crippen molar-refractivity contribution in [3.63, 3.8) is 0 Å². The Kier molecular flexibility index (Phi) is 10.6. The molecule has 2 aliphatic carbocycles. The third-order valence-electron chi connectivity index (χ3n) is 16.7. The van der Waals surface area contributed by atoms with E-state index in [1.807, 2.05) is 0 Å². The predicted octanol–water partition coefficient (Wildman–Crippen LogP) is 20.2. The van der Waals surface area contributed by atoms with E-state index in [1.165, 1.54) is 105 Å². The Morgan fingerprint density at radius 3 is 1.42 bits per heavy atom. The molecule has 0 unspecified atom stereocenters. The molecule has 370 valence electrons. The number of anilines is 3. The molecule has 1 spiro atoms. The fraction of sp³-hybridized carbons (Fsp3) is 0.120. The summed E-state index contributed by atoms with van der Waals surface area (Å²) in [4.78, 5) is 2.58. The Balaban J connectivity index is 1.07. The highest BCUT2D eigenvalue weighted by molar-refractivity contribution is 6.10. The van der Waals surface area contributed by atoms with Gasteiger partial charge in [0.1, 0.15) is 0 Å². The number of para-hydroxylation sites is 3. The summed E-state index contributed by atoms with van der Waals surface area (Å²) in [7, 11) is 0. The van der Waals surface area contributed by atoms with Gasteiger partial charge in [-0.2, -0.15) is 0 Å². The van der Waals surface area contributed by atoms with Gasteiger partial charge in [-0.25, -0.2) is 0 Å². The van der Waals surface area contributed by atoms with E-state index in [0.29, 0.717) is 0 Å². The minimum Gasteiger partial charge on any atom is -0.309 e. The highest BCUT2D eigenvalue weighted by Gasteiger charge is 2.53. The summed E-state index contributed by atoms with van der Waals surface area (Å²) in [6.45, 7) is 14.1. The van der Waals surface area contributed by atoms with E-state index < -0.39 is 5.41 Å². The number of fused-ring (bicyclic) bond motifs is 13. The summed E-state index contributed by atoms with van der Waals surface area (Å²) in [5, 5.41) is 2.49. The van der Waals surface area contributed by atoms with Crippen molar-refractivity contribution in [3.05, 3.63) is 288 Å². The molecule has 0 radical (unpaired) electrons. The first-order valence-corrected chi connectivity index (χ1v) is 27.3. The Morgan fingerprint density at radius 2 is 0.792 bits per heavy atom. The monoisotopic (exact) mass is 988 g/mol. The molecule has 1 heterocycles. The molecule has 12 aromatic rings. The van der Waals surface area contributed by atoms with Crippen LogP contribution < -0.4 is 4.90 Å². The van der Waals surface area contributed by atoms with Crippen LogP contribution >= 0.6 is 0 Å². The summed E-state index contributed by atoms with van der Waals surface area (Å²) in [6.07, 6.45) is 0. The maximum Gasteiger partial charge on any atom is 0.0726 e. The summed E-state index contributed by atoms with van der Waals surface area (Å²) >= 11 is 0.